The fraction of sp³-hybridized carbons (Fsp3) is 0.500. The minimum absolute atomic E-state index is 0.138. The Hall–Kier alpha value is -2.68. The summed E-state index contributed by atoms with van der Waals surface area (Å²) < 4.78 is 13.8. The molecule has 2 aliphatic heterocycles. The number of anilines is 2. The summed E-state index contributed by atoms with van der Waals surface area (Å²) in [5.74, 6) is -1.69. The Kier molecular flexibility index (Phi) is 6.73. The second-order valence-electron chi connectivity index (χ2n) is 6.82. The quantitative estimate of drug-likeness (QED) is 0.454. The van der Waals surface area contributed by atoms with Crippen LogP contribution in [0.4, 0.5) is 15.8 Å². The van der Waals surface area contributed by atoms with E-state index in [4.69, 9.17) is 10.8 Å². The Labute approximate surface area is 156 Å². The molecule has 2 fully saturated rings. The highest BCUT2D eigenvalue weighted by molar-refractivity contribution is 5.97. The number of carboxylic acid groups (broad SMARTS) is 1. The first-order chi connectivity index (χ1) is 12.7. The van der Waals surface area contributed by atoms with E-state index in [0.29, 0.717) is 56.6 Å². The third kappa shape index (κ3) is 6.21. The number of hydrogen-bond acceptors (Lipinski definition) is 6. The van der Waals surface area contributed by atoms with Crippen LogP contribution in [0.2, 0.25) is 0 Å². The standard InChI is InChI=1S/C13H17FN2O3.C5H7NO2/c14-10-7-9(15)1-2-11(10)16-5-3-13(19,4-6-16)8-12(17)18;7-4-2-1-3-5(8)6-4/h1-2,7,19H,3-6,8,15H2,(H,17,18);1-3H2,(H,6,7,8). The van der Waals surface area contributed by atoms with Crippen LogP contribution >= 0.6 is 0 Å². The van der Waals surface area contributed by atoms with Crippen molar-refractivity contribution in [2.24, 2.45) is 0 Å². The molecule has 1 aromatic carbocycles. The van der Waals surface area contributed by atoms with Gasteiger partial charge < -0.3 is 20.8 Å². The van der Waals surface area contributed by atoms with Crippen LogP contribution in [0.1, 0.15) is 38.5 Å². The fourth-order valence-corrected chi connectivity index (χ4v) is 3.09. The number of carbonyl (C=O) groups is 3. The average Bonchev–Trinajstić information content (AvgIpc) is 2.55. The second-order valence-corrected chi connectivity index (χ2v) is 6.82. The Bertz CT molecular complexity index is 703. The summed E-state index contributed by atoms with van der Waals surface area (Å²) in [6, 6.07) is 4.48. The summed E-state index contributed by atoms with van der Waals surface area (Å²) in [6.07, 6.45) is 2.07. The summed E-state index contributed by atoms with van der Waals surface area (Å²) in [6.45, 7) is 0.842. The number of aliphatic hydroxyl groups is 1. The van der Waals surface area contributed by atoms with E-state index in [1.165, 1.54) is 6.07 Å². The van der Waals surface area contributed by atoms with Gasteiger partial charge in [-0.2, -0.15) is 0 Å². The third-order valence-electron chi connectivity index (χ3n) is 4.57. The van der Waals surface area contributed by atoms with Gasteiger partial charge in [-0.05, 0) is 37.5 Å². The second kappa shape index (κ2) is 8.81. The number of hydrogen-bond donors (Lipinski definition) is 4. The molecule has 0 unspecified atom stereocenters. The lowest BCUT2D eigenvalue weighted by atomic mass is 9.88. The summed E-state index contributed by atoms with van der Waals surface area (Å²) in [4.78, 5) is 33.1. The molecule has 9 heteroatoms. The Morgan fingerprint density at radius 1 is 1.22 bits per heavy atom. The minimum Gasteiger partial charge on any atom is -0.481 e. The number of nitrogens with two attached hydrogens (primary N) is 1. The molecule has 0 spiro atoms. The number of carbonyl (C=O) groups excluding carboxylic acids is 2. The monoisotopic (exact) mass is 381 g/mol. The Morgan fingerprint density at radius 2 is 1.81 bits per heavy atom. The average molecular weight is 381 g/mol. The number of imide groups is 1. The van der Waals surface area contributed by atoms with Gasteiger partial charge in [0.15, 0.2) is 0 Å². The van der Waals surface area contributed by atoms with Crippen LogP contribution in [0, 0.1) is 5.82 Å². The van der Waals surface area contributed by atoms with Crippen molar-refractivity contribution in [3.8, 4) is 0 Å². The van der Waals surface area contributed by atoms with Crippen molar-refractivity contribution in [3.05, 3.63) is 24.0 Å². The number of nitrogens with one attached hydrogen (secondary N) is 1. The first-order valence-electron chi connectivity index (χ1n) is 8.75. The van der Waals surface area contributed by atoms with Gasteiger partial charge in [0.1, 0.15) is 5.82 Å². The zero-order valence-electron chi connectivity index (χ0n) is 14.9. The van der Waals surface area contributed by atoms with Crippen molar-refractivity contribution in [1.29, 1.82) is 0 Å². The number of carboxylic acids is 1. The maximum atomic E-state index is 13.8. The lowest BCUT2D eigenvalue weighted by Gasteiger charge is -2.38. The topological polar surface area (TPSA) is 133 Å². The van der Waals surface area contributed by atoms with Crippen molar-refractivity contribution in [3.63, 3.8) is 0 Å². The first-order valence-corrected chi connectivity index (χ1v) is 8.75. The molecule has 1 aromatic rings. The van der Waals surface area contributed by atoms with E-state index in [9.17, 15) is 23.9 Å². The smallest absolute Gasteiger partial charge is 0.306 e. The van der Waals surface area contributed by atoms with Gasteiger partial charge in [0.25, 0.3) is 0 Å². The van der Waals surface area contributed by atoms with Crippen molar-refractivity contribution >= 4 is 29.2 Å². The van der Waals surface area contributed by atoms with E-state index >= 15 is 0 Å². The normalized spacial score (nSPS) is 19.0. The zero-order valence-corrected chi connectivity index (χ0v) is 14.9. The number of halogens is 1. The number of rotatable bonds is 3. The number of nitrogen functional groups attached to an aromatic ring is 1. The van der Waals surface area contributed by atoms with E-state index in [2.05, 4.69) is 5.32 Å². The van der Waals surface area contributed by atoms with Gasteiger partial charge in [-0.15, -0.1) is 0 Å². The molecule has 0 aliphatic carbocycles. The van der Waals surface area contributed by atoms with Gasteiger partial charge in [0.05, 0.1) is 17.7 Å². The van der Waals surface area contributed by atoms with Gasteiger partial charge >= 0.3 is 5.97 Å². The molecule has 0 bridgehead atoms. The van der Waals surface area contributed by atoms with Crippen molar-refractivity contribution in [2.45, 2.75) is 44.1 Å². The lowest BCUT2D eigenvalue weighted by molar-refractivity contribution is -0.143. The van der Waals surface area contributed by atoms with Gasteiger partial charge in [-0.3, -0.25) is 19.7 Å². The molecule has 27 heavy (non-hydrogen) atoms. The predicted octanol–water partition coefficient (Wildman–Crippen LogP) is 1.03. The molecule has 2 saturated heterocycles. The summed E-state index contributed by atoms with van der Waals surface area (Å²) in [7, 11) is 0. The molecule has 8 nitrogen and oxygen atoms in total. The molecule has 2 amide bonds. The van der Waals surface area contributed by atoms with Crippen LogP contribution in [0.5, 0.6) is 0 Å². The zero-order chi connectivity index (χ0) is 20.0. The van der Waals surface area contributed by atoms with Crippen molar-refractivity contribution in [1.82, 2.24) is 5.32 Å². The lowest BCUT2D eigenvalue weighted by Crippen LogP contribution is -2.45. The Morgan fingerprint density at radius 3 is 2.26 bits per heavy atom. The SMILES string of the molecule is Nc1ccc(N2CCC(O)(CC(=O)O)CC2)c(F)c1.O=C1CCCC(=O)N1. The molecule has 2 heterocycles. The van der Waals surface area contributed by atoms with Crippen LogP contribution in [0.15, 0.2) is 18.2 Å². The first kappa shape index (κ1) is 20.6. The molecule has 2 aliphatic rings. The minimum atomic E-state index is -1.19. The van der Waals surface area contributed by atoms with E-state index in [0.717, 1.165) is 0 Å². The third-order valence-corrected chi connectivity index (χ3v) is 4.57. The number of aliphatic carboxylic acids is 1. The summed E-state index contributed by atoms with van der Waals surface area (Å²) in [5.41, 5.74) is 5.10. The molecule has 0 radical (unpaired) electrons. The molecule has 0 aromatic heterocycles. The van der Waals surface area contributed by atoms with Gasteiger partial charge in [0.2, 0.25) is 11.8 Å². The summed E-state index contributed by atoms with van der Waals surface area (Å²) >= 11 is 0. The molecule has 5 N–H and O–H groups in total. The fourth-order valence-electron chi connectivity index (χ4n) is 3.09. The molecule has 0 saturated carbocycles. The van der Waals surface area contributed by atoms with Crippen LogP contribution in [-0.4, -0.2) is 46.7 Å². The summed E-state index contributed by atoms with van der Waals surface area (Å²) in [5, 5.41) is 21.0. The van der Waals surface area contributed by atoms with Crippen LogP contribution in [0.3, 0.4) is 0 Å². The molecule has 3 rings (SSSR count). The highest BCUT2D eigenvalue weighted by atomic mass is 19.1. The van der Waals surface area contributed by atoms with Gasteiger partial charge in [0, 0.05) is 31.6 Å². The number of benzene rings is 1. The number of nitrogens with zero attached hydrogens (tertiary/aromatic N) is 1. The molecular weight excluding hydrogens is 357 g/mol. The van der Waals surface area contributed by atoms with E-state index in [1.807, 2.05) is 0 Å². The number of piperidine rings is 2. The van der Waals surface area contributed by atoms with Crippen LogP contribution in [0.25, 0.3) is 0 Å². The van der Waals surface area contributed by atoms with Crippen molar-refractivity contribution < 1.29 is 29.0 Å². The highest BCUT2D eigenvalue weighted by Crippen LogP contribution is 2.30. The predicted molar refractivity (Wildman–Crippen MR) is 96.5 cm³/mol. The maximum Gasteiger partial charge on any atom is 0.306 e. The van der Waals surface area contributed by atoms with Crippen LogP contribution in [-0.2, 0) is 14.4 Å². The number of amides is 2. The van der Waals surface area contributed by atoms with Crippen LogP contribution < -0.4 is 16.0 Å². The maximum absolute atomic E-state index is 13.8. The Balaban J connectivity index is 0.000000273. The van der Waals surface area contributed by atoms with Gasteiger partial charge in [-0.25, -0.2) is 4.39 Å². The molecule has 148 valence electrons. The van der Waals surface area contributed by atoms with Gasteiger partial charge in [-0.1, -0.05) is 0 Å². The van der Waals surface area contributed by atoms with E-state index in [-0.39, 0.29) is 18.2 Å². The van der Waals surface area contributed by atoms with Crippen molar-refractivity contribution in [2.75, 3.05) is 23.7 Å². The largest absolute Gasteiger partial charge is 0.481 e. The highest BCUT2D eigenvalue weighted by Gasteiger charge is 2.35. The van der Waals surface area contributed by atoms with E-state index in [1.54, 1.807) is 17.0 Å². The molecule has 0 atom stereocenters. The van der Waals surface area contributed by atoms with E-state index < -0.39 is 17.4 Å². The molecular formula is C18H24FN3O5.